The summed E-state index contributed by atoms with van der Waals surface area (Å²) in [6.07, 6.45) is -4.51. The molecule has 0 spiro atoms. The van der Waals surface area contributed by atoms with Gasteiger partial charge in [0, 0.05) is 28.9 Å². The third-order valence-corrected chi connectivity index (χ3v) is 6.85. The average molecular weight is 499 g/mol. The minimum Gasteiger partial charge on any atom is -0.465 e. The number of fused-ring (bicyclic) bond motifs is 1. The average Bonchev–Trinajstić information content (AvgIpc) is 3.15. The lowest BCUT2D eigenvalue weighted by Crippen LogP contribution is -2.36. The van der Waals surface area contributed by atoms with Crippen molar-refractivity contribution in [2.75, 3.05) is 43.6 Å². The number of benzene rings is 2. The SMILES string of the molecule is COC(=O)c1cc(N2CCOCC2)ccc1NC(=O)c1sc2cc(C(F)(F)F)ccc2c1Cl. The molecule has 0 radical (unpaired) electrons. The Balaban J connectivity index is 1.65. The summed E-state index contributed by atoms with van der Waals surface area (Å²) in [5.41, 5.74) is 0.294. The van der Waals surface area contributed by atoms with Gasteiger partial charge in [-0.2, -0.15) is 13.2 Å². The summed E-state index contributed by atoms with van der Waals surface area (Å²) in [5, 5.41) is 3.03. The largest absolute Gasteiger partial charge is 0.465 e. The van der Waals surface area contributed by atoms with Gasteiger partial charge in [0.15, 0.2) is 0 Å². The number of thiophene rings is 1. The first-order chi connectivity index (χ1) is 15.7. The molecule has 174 valence electrons. The summed E-state index contributed by atoms with van der Waals surface area (Å²) in [6, 6.07) is 8.08. The van der Waals surface area contributed by atoms with Crippen molar-refractivity contribution in [1.29, 1.82) is 0 Å². The third-order valence-electron chi connectivity index (χ3n) is 5.20. The lowest BCUT2D eigenvalue weighted by atomic mass is 10.1. The van der Waals surface area contributed by atoms with Crippen LogP contribution in [0.2, 0.25) is 5.02 Å². The molecule has 0 bridgehead atoms. The van der Waals surface area contributed by atoms with E-state index in [2.05, 4.69) is 5.32 Å². The lowest BCUT2D eigenvalue weighted by Gasteiger charge is -2.29. The van der Waals surface area contributed by atoms with Gasteiger partial charge in [0.05, 0.1) is 42.2 Å². The molecule has 1 N–H and O–H groups in total. The number of halogens is 4. The number of carbonyl (C=O) groups excluding carboxylic acids is 2. The molecular weight excluding hydrogens is 481 g/mol. The topological polar surface area (TPSA) is 67.9 Å². The summed E-state index contributed by atoms with van der Waals surface area (Å²) in [4.78, 5) is 27.4. The van der Waals surface area contributed by atoms with Crippen molar-refractivity contribution in [1.82, 2.24) is 0 Å². The number of alkyl halides is 3. The number of rotatable bonds is 4. The molecule has 1 aromatic heterocycles. The Bertz CT molecular complexity index is 1220. The zero-order chi connectivity index (χ0) is 23.8. The monoisotopic (exact) mass is 498 g/mol. The van der Waals surface area contributed by atoms with Gasteiger partial charge in [-0.05, 0) is 30.3 Å². The van der Waals surface area contributed by atoms with Crippen molar-refractivity contribution in [2.45, 2.75) is 6.18 Å². The second-order valence-electron chi connectivity index (χ2n) is 7.23. The van der Waals surface area contributed by atoms with E-state index in [1.807, 2.05) is 4.90 Å². The van der Waals surface area contributed by atoms with Crippen LogP contribution in [-0.4, -0.2) is 45.3 Å². The van der Waals surface area contributed by atoms with Crippen LogP contribution in [0.25, 0.3) is 10.1 Å². The molecule has 1 aliphatic heterocycles. The molecule has 33 heavy (non-hydrogen) atoms. The van der Waals surface area contributed by atoms with Crippen molar-refractivity contribution in [3.05, 3.63) is 57.4 Å². The first kappa shape index (κ1) is 23.3. The number of amides is 1. The zero-order valence-corrected chi connectivity index (χ0v) is 18.9. The number of carbonyl (C=O) groups is 2. The van der Waals surface area contributed by atoms with Crippen LogP contribution >= 0.6 is 22.9 Å². The maximum atomic E-state index is 13.0. The summed E-state index contributed by atoms with van der Waals surface area (Å²) in [7, 11) is 1.23. The molecule has 1 aliphatic rings. The summed E-state index contributed by atoms with van der Waals surface area (Å²) >= 11 is 7.14. The molecule has 0 unspecified atom stereocenters. The molecule has 0 atom stereocenters. The first-order valence-electron chi connectivity index (χ1n) is 9.84. The van der Waals surface area contributed by atoms with E-state index in [4.69, 9.17) is 21.1 Å². The van der Waals surface area contributed by atoms with Crippen molar-refractivity contribution >= 4 is 56.3 Å². The van der Waals surface area contributed by atoms with E-state index in [1.165, 1.54) is 13.2 Å². The van der Waals surface area contributed by atoms with Crippen LogP contribution in [0.4, 0.5) is 24.5 Å². The molecule has 1 saturated heterocycles. The number of esters is 1. The number of methoxy groups -OCH3 is 1. The molecule has 11 heteroatoms. The highest BCUT2D eigenvalue weighted by Gasteiger charge is 2.31. The van der Waals surface area contributed by atoms with Crippen LogP contribution in [0.3, 0.4) is 0 Å². The number of morpholine rings is 1. The van der Waals surface area contributed by atoms with Crippen LogP contribution in [-0.2, 0) is 15.7 Å². The Kier molecular flexibility index (Phi) is 6.51. The zero-order valence-electron chi connectivity index (χ0n) is 17.3. The Labute approximate surface area is 195 Å². The van der Waals surface area contributed by atoms with Crippen molar-refractivity contribution < 1.29 is 32.2 Å². The van der Waals surface area contributed by atoms with Gasteiger partial charge in [0.25, 0.3) is 5.91 Å². The summed E-state index contributed by atoms with van der Waals surface area (Å²) in [5.74, 6) is -1.28. The molecule has 1 fully saturated rings. The van der Waals surface area contributed by atoms with Crippen LogP contribution in [0.1, 0.15) is 25.6 Å². The van der Waals surface area contributed by atoms with Crippen LogP contribution in [0, 0.1) is 0 Å². The minimum atomic E-state index is -4.51. The quantitative estimate of drug-likeness (QED) is 0.485. The molecule has 0 aliphatic carbocycles. The van der Waals surface area contributed by atoms with Crippen LogP contribution in [0.5, 0.6) is 0 Å². The molecule has 1 amide bonds. The van der Waals surface area contributed by atoms with Gasteiger partial charge in [-0.25, -0.2) is 4.79 Å². The number of hydrogen-bond donors (Lipinski definition) is 1. The lowest BCUT2D eigenvalue weighted by molar-refractivity contribution is -0.137. The highest BCUT2D eigenvalue weighted by Crippen LogP contribution is 2.39. The molecule has 3 aromatic rings. The van der Waals surface area contributed by atoms with Gasteiger partial charge in [0.1, 0.15) is 4.88 Å². The molecule has 0 saturated carbocycles. The highest BCUT2D eigenvalue weighted by molar-refractivity contribution is 7.21. The van der Waals surface area contributed by atoms with Crippen molar-refractivity contribution in [3.63, 3.8) is 0 Å². The number of anilines is 2. The standard InChI is InChI=1S/C22H18ClF3N2O4S/c1-31-21(30)15-11-13(28-6-8-32-9-7-28)3-5-16(15)27-20(29)19-18(23)14-4-2-12(22(24,25)26)10-17(14)33-19/h2-5,10-11H,6-9H2,1H3,(H,27,29). The number of nitrogens with one attached hydrogen (secondary N) is 1. The normalized spacial score (nSPS) is 14.4. The predicted octanol–water partition coefficient (Wildman–Crippen LogP) is 5.45. The second-order valence-corrected chi connectivity index (χ2v) is 8.66. The minimum absolute atomic E-state index is 0.0408. The molecule has 2 heterocycles. The van der Waals surface area contributed by atoms with Crippen LogP contribution in [0.15, 0.2) is 36.4 Å². The van der Waals surface area contributed by atoms with Gasteiger partial charge >= 0.3 is 12.1 Å². The maximum Gasteiger partial charge on any atom is 0.416 e. The Morgan fingerprint density at radius 1 is 1.15 bits per heavy atom. The van der Waals surface area contributed by atoms with E-state index in [0.29, 0.717) is 31.7 Å². The van der Waals surface area contributed by atoms with Gasteiger partial charge in [-0.1, -0.05) is 17.7 Å². The molecule has 6 nitrogen and oxygen atoms in total. The van der Waals surface area contributed by atoms with Gasteiger partial charge in [-0.15, -0.1) is 11.3 Å². The fraction of sp³-hybridized carbons (Fsp3) is 0.273. The highest BCUT2D eigenvalue weighted by atomic mass is 35.5. The van der Waals surface area contributed by atoms with Gasteiger partial charge in [-0.3, -0.25) is 4.79 Å². The molecule has 4 rings (SSSR count). The van der Waals surface area contributed by atoms with Crippen molar-refractivity contribution in [3.8, 4) is 0 Å². The number of ether oxygens (including phenoxy) is 2. The molecular formula is C22H18ClF3N2O4S. The predicted molar refractivity (Wildman–Crippen MR) is 121 cm³/mol. The summed E-state index contributed by atoms with van der Waals surface area (Å²) in [6.45, 7) is 2.44. The third kappa shape index (κ3) is 4.78. The number of nitrogens with zero attached hydrogens (tertiary/aromatic N) is 1. The van der Waals surface area contributed by atoms with E-state index >= 15 is 0 Å². The Morgan fingerprint density at radius 2 is 1.88 bits per heavy atom. The summed E-state index contributed by atoms with van der Waals surface area (Å²) < 4.78 is 49.5. The van der Waals surface area contributed by atoms with Gasteiger partial charge in [0.2, 0.25) is 0 Å². The fourth-order valence-electron chi connectivity index (χ4n) is 3.50. The first-order valence-corrected chi connectivity index (χ1v) is 11.0. The van der Waals surface area contributed by atoms with E-state index in [9.17, 15) is 22.8 Å². The smallest absolute Gasteiger partial charge is 0.416 e. The van der Waals surface area contributed by atoms with E-state index in [1.54, 1.807) is 18.2 Å². The van der Waals surface area contributed by atoms with E-state index in [-0.39, 0.29) is 25.9 Å². The molecule has 2 aromatic carbocycles. The maximum absolute atomic E-state index is 13.0. The van der Waals surface area contributed by atoms with E-state index < -0.39 is 23.6 Å². The van der Waals surface area contributed by atoms with Gasteiger partial charge < -0.3 is 19.7 Å². The van der Waals surface area contributed by atoms with Crippen LogP contribution < -0.4 is 10.2 Å². The Hall–Kier alpha value is -2.82. The fourth-order valence-corrected chi connectivity index (χ4v) is 4.96. The Morgan fingerprint density at radius 3 is 2.55 bits per heavy atom. The van der Waals surface area contributed by atoms with Crippen molar-refractivity contribution in [2.24, 2.45) is 0 Å². The van der Waals surface area contributed by atoms with E-state index in [0.717, 1.165) is 29.2 Å². The second kappa shape index (κ2) is 9.20. The number of hydrogen-bond acceptors (Lipinski definition) is 6.